The number of carbonyl (C=O) groups excluding carboxylic acids is 1. The van der Waals surface area contributed by atoms with Crippen molar-refractivity contribution in [3.05, 3.63) is 42.0 Å². The van der Waals surface area contributed by atoms with Crippen molar-refractivity contribution in [1.82, 2.24) is 15.1 Å². The molecule has 1 N–H and O–H groups in total. The summed E-state index contributed by atoms with van der Waals surface area (Å²) in [5, 5.41) is 3.05. The number of hydrogen-bond acceptors (Lipinski definition) is 2. The van der Waals surface area contributed by atoms with Gasteiger partial charge in [0.05, 0.1) is 0 Å². The minimum absolute atomic E-state index is 0.0108. The molecule has 4 heteroatoms. The highest BCUT2D eigenvalue weighted by molar-refractivity contribution is 5.74. The fourth-order valence-corrected chi connectivity index (χ4v) is 2.63. The first-order chi connectivity index (χ1) is 10.6. The molecule has 1 aliphatic heterocycles. The van der Waals surface area contributed by atoms with Crippen LogP contribution in [0.1, 0.15) is 18.4 Å². The fourth-order valence-electron chi connectivity index (χ4n) is 2.63. The Labute approximate surface area is 133 Å². The highest BCUT2D eigenvalue weighted by atomic mass is 16.2. The van der Waals surface area contributed by atoms with E-state index in [-0.39, 0.29) is 6.03 Å². The zero-order valence-electron chi connectivity index (χ0n) is 13.7. The second kappa shape index (κ2) is 8.59. The SMILES string of the molecule is CN1CCC(CNC(=O)N(C)C/C=C/c2ccccc2)CC1. The van der Waals surface area contributed by atoms with Crippen molar-refractivity contribution >= 4 is 12.1 Å². The Morgan fingerprint density at radius 1 is 1.32 bits per heavy atom. The first-order valence-corrected chi connectivity index (χ1v) is 8.04. The average molecular weight is 301 g/mol. The van der Waals surface area contributed by atoms with E-state index in [1.807, 2.05) is 37.4 Å². The first kappa shape index (κ1) is 16.6. The summed E-state index contributed by atoms with van der Waals surface area (Å²) in [5.41, 5.74) is 1.16. The molecule has 1 fully saturated rings. The maximum Gasteiger partial charge on any atom is 0.317 e. The molecule has 22 heavy (non-hydrogen) atoms. The molecule has 0 radical (unpaired) electrons. The normalized spacial score (nSPS) is 16.8. The number of carbonyl (C=O) groups is 1. The second-order valence-corrected chi connectivity index (χ2v) is 6.13. The third-order valence-electron chi connectivity index (χ3n) is 4.22. The number of amides is 2. The number of likely N-dealkylation sites (tertiary alicyclic amines) is 1. The van der Waals surface area contributed by atoms with Gasteiger partial charge in [0.15, 0.2) is 0 Å². The first-order valence-electron chi connectivity index (χ1n) is 8.04. The van der Waals surface area contributed by atoms with E-state index >= 15 is 0 Å². The molecular formula is C18H27N3O. The van der Waals surface area contributed by atoms with E-state index in [0.717, 1.165) is 25.2 Å². The van der Waals surface area contributed by atoms with Crippen LogP contribution in [0.3, 0.4) is 0 Å². The number of likely N-dealkylation sites (N-methyl/N-ethyl adjacent to an activating group) is 1. The summed E-state index contributed by atoms with van der Waals surface area (Å²) in [6.07, 6.45) is 6.41. The van der Waals surface area contributed by atoms with Gasteiger partial charge < -0.3 is 15.1 Å². The molecule has 4 nitrogen and oxygen atoms in total. The number of benzene rings is 1. The predicted octanol–water partition coefficient (Wildman–Crippen LogP) is 2.68. The second-order valence-electron chi connectivity index (χ2n) is 6.13. The Morgan fingerprint density at radius 3 is 2.68 bits per heavy atom. The Bertz CT molecular complexity index is 478. The van der Waals surface area contributed by atoms with E-state index < -0.39 is 0 Å². The van der Waals surface area contributed by atoms with Gasteiger partial charge in [-0.15, -0.1) is 0 Å². The minimum Gasteiger partial charge on any atom is -0.338 e. The van der Waals surface area contributed by atoms with Crippen LogP contribution < -0.4 is 5.32 Å². The number of rotatable bonds is 5. The molecule has 120 valence electrons. The molecule has 0 aromatic heterocycles. The molecule has 1 aromatic rings. The molecule has 1 saturated heterocycles. The van der Waals surface area contributed by atoms with Gasteiger partial charge in [0.2, 0.25) is 0 Å². The lowest BCUT2D eigenvalue weighted by Gasteiger charge is -2.29. The van der Waals surface area contributed by atoms with Crippen LogP contribution in [0.5, 0.6) is 0 Å². The van der Waals surface area contributed by atoms with Crippen LogP contribution in [-0.4, -0.2) is 56.1 Å². The third kappa shape index (κ3) is 5.53. The van der Waals surface area contributed by atoms with E-state index in [9.17, 15) is 4.79 Å². The van der Waals surface area contributed by atoms with Crippen LogP contribution in [-0.2, 0) is 0 Å². The molecule has 0 bridgehead atoms. The van der Waals surface area contributed by atoms with Crippen molar-refractivity contribution in [3.63, 3.8) is 0 Å². The van der Waals surface area contributed by atoms with E-state index in [4.69, 9.17) is 0 Å². The van der Waals surface area contributed by atoms with E-state index in [2.05, 4.69) is 29.4 Å². The number of piperidine rings is 1. The summed E-state index contributed by atoms with van der Waals surface area (Å²) in [6, 6.07) is 10.1. The number of nitrogens with one attached hydrogen (secondary N) is 1. The van der Waals surface area contributed by atoms with E-state index in [1.54, 1.807) is 4.90 Å². The smallest absolute Gasteiger partial charge is 0.317 e. The van der Waals surface area contributed by atoms with Crippen LogP contribution in [0.2, 0.25) is 0 Å². The number of nitrogens with zero attached hydrogens (tertiary/aromatic N) is 2. The molecule has 1 heterocycles. The quantitative estimate of drug-likeness (QED) is 0.907. The van der Waals surface area contributed by atoms with Crippen LogP contribution in [0.25, 0.3) is 6.08 Å². The molecule has 0 aliphatic carbocycles. The lowest BCUT2D eigenvalue weighted by atomic mass is 9.97. The number of hydrogen-bond donors (Lipinski definition) is 1. The Kier molecular flexibility index (Phi) is 6.46. The van der Waals surface area contributed by atoms with Crippen molar-refractivity contribution in [2.24, 2.45) is 5.92 Å². The summed E-state index contributed by atoms with van der Waals surface area (Å²) in [5.74, 6) is 0.619. The van der Waals surface area contributed by atoms with Gasteiger partial charge in [-0.1, -0.05) is 42.5 Å². The standard InChI is InChI=1S/C18H27N3O/c1-20-13-10-17(11-14-20)15-19-18(22)21(2)12-6-9-16-7-4-3-5-8-16/h3-9,17H,10-15H2,1-2H3,(H,19,22)/b9-6+. The Hall–Kier alpha value is -1.81. The molecule has 1 aromatic carbocycles. The average Bonchev–Trinajstić information content (AvgIpc) is 2.55. The summed E-state index contributed by atoms with van der Waals surface area (Å²) < 4.78 is 0. The fraction of sp³-hybridized carbons (Fsp3) is 0.500. The summed E-state index contributed by atoms with van der Waals surface area (Å²) in [6.45, 7) is 3.68. The van der Waals surface area contributed by atoms with Crippen LogP contribution >= 0.6 is 0 Å². The van der Waals surface area contributed by atoms with Gasteiger partial charge in [0.1, 0.15) is 0 Å². The number of urea groups is 1. The maximum atomic E-state index is 12.1. The van der Waals surface area contributed by atoms with Gasteiger partial charge in [0.25, 0.3) is 0 Å². The zero-order chi connectivity index (χ0) is 15.8. The zero-order valence-corrected chi connectivity index (χ0v) is 13.7. The summed E-state index contributed by atoms with van der Waals surface area (Å²) in [7, 11) is 3.99. The van der Waals surface area contributed by atoms with Crippen molar-refractivity contribution in [2.45, 2.75) is 12.8 Å². The Balaban J connectivity index is 1.67. The van der Waals surface area contributed by atoms with Gasteiger partial charge in [0, 0.05) is 20.1 Å². The van der Waals surface area contributed by atoms with Gasteiger partial charge in [-0.25, -0.2) is 4.79 Å². The highest BCUT2D eigenvalue weighted by Crippen LogP contribution is 2.14. The van der Waals surface area contributed by atoms with Crippen LogP contribution in [0.4, 0.5) is 4.79 Å². The van der Waals surface area contributed by atoms with Crippen LogP contribution in [0, 0.1) is 5.92 Å². The van der Waals surface area contributed by atoms with Gasteiger partial charge in [-0.2, -0.15) is 0 Å². The summed E-state index contributed by atoms with van der Waals surface area (Å²) in [4.78, 5) is 16.1. The van der Waals surface area contributed by atoms with Crippen LogP contribution in [0.15, 0.2) is 36.4 Å². The third-order valence-corrected chi connectivity index (χ3v) is 4.22. The molecule has 2 rings (SSSR count). The molecule has 0 spiro atoms. The van der Waals surface area contributed by atoms with Gasteiger partial charge >= 0.3 is 6.03 Å². The predicted molar refractivity (Wildman–Crippen MR) is 91.7 cm³/mol. The lowest BCUT2D eigenvalue weighted by Crippen LogP contribution is -2.42. The molecule has 1 aliphatic rings. The molecule has 2 amide bonds. The molecule has 0 atom stereocenters. The van der Waals surface area contributed by atoms with Crippen molar-refractivity contribution in [1.29, 1.82) is 0 Å². The maximum absolute atomic E-state index is 12.1. The van der Waals surface area contributed by atoms with Crippen molar-refractivity contribution < 1.29 is 4.79 Å². The highest BCUT2D eigenvalue weighted by Gasteiger charge is 2.17. The van der Waals surface area contributed by atoms with Gasteiger partial charge in [-0.3, -0.25) is 0 Å². The molecular weight excluding hydrogens is 274 g/mol. The minimum atomic E-state index is 0.0108. The molecule has 0 unspecified atom stereocenters. The van der Waals surface area contributed by atoms with E-state index in [1.165, 1.54) is 12.8 Å². The van der Waals surface area contributed by atoms with Gasteiger partial charge in [-0.05, 0) is 44.5 Å². The van der Waals surface area contributed by atoms with Crippen molar-refractivity contribution in [3.8, 4) is 0 Å². The monoisotopic (exact) mass is 301 g/mol. The topological polar surface area (TPSA) is 35.6 Å². The van der Waals surface area contributed by atoms with E-state index in [0.29, 0.717) is 12.5 Å². The summed E-state index contributed by atoms with van der Waals surface area (Å²) >= 11 is 0. The largest absolute Gasteiger partial charge is 0.338 e. The lowest BCUT2D eigenvalue weighted by molar-refractivity contribution is 0.196. The Morgan fingerprint density at radius 2 is 2.00 bits per heavy atom. The van der Waals surface area contributed by atoms with Crippen molar-refractivity contribution in [2.75, 3.05) is 40.3 Å². The molecule has 0 saturated carbocycles.